The van der Waals surface area contributed by atoms with Crippen LogP contribution < -0.4 is 4.90 Å². The van der Waals surface area contributed by atoms with Gasteiger partial charge in [0.25, 0.3) is 0 Å². The molecule has 0 radical (unpaired) electrons. The standard InChI is InChI=1S/C15H21N5/c1-10-9-13(19(4)5)7-8-14(10)17-18-15-16-11(2)12(3)20(15)6/h7-9H,1-6H3. The Morgan fingerprint density at radius 3 is 2.30 bits per heavy atom. The van der Waals surface area contributed by atoms with Crippen molar-refractivity contribution in [1.82, 2.24) is 9.55 Å². The summed E-state index contributed by atoms with van der Waals surface area (Å²) in [6, 6.07) is 6.12. The number of nitrogens with zero attached hydrogens (tertiary/aromatic N) is 5. The van der Waals surface area contributed by atoms with E-state index >= 15 is 0 Å². The van der Waals surface area contributed by atoms with Gasteiger partial charge >= 0.3 is 0 Å². The van der Waals surface area contributed by atoms with Gasteiger partial charge in [0, 0.05) is 32.5 Å². The second-order valence-electron chi connectivity index (χ2n) is 5.21. The zero-order valence-corrected chi connectivity index (χ0v) is 13.0. The van der Waals surface area contributed by atoms with Gasteiger partial charge in [0.15, 0.2) is 0 Å². The van der Waals surface area contributed by atoms with E-state index in [-0.39, 0.29) is 0 Å². The summed E-state index contributed by atoms with van der Waals surface area (Å²) in [5.74, 6) is 0.635. The maximum atomic E-state index is 4.39. The van der Waals surface area contributed by atoms with Gasteiger partial charge in [-0.2, -0.15) is 0 Å². The second-order valence-corrected chi connectivity index (χ2v) is 5.21. The highest BCUT2D eigenvalue weighted by molar-refractivity contribution is 5.56. The largest absolute Gasteiger partial charge is 0.378 e. The number of hydrogen-bond acceptors (Lipinski definition) is 4. The molecule has 2 rings (SSSR count). The lowest BCUT2D eigenvalue weighted by Gasteiger charge is -2.13. The average Bonchev–Trinajstić information content (AvgIpc) is 2.64. The number of hydrogen-bond donors (Lipinski definition) is 0. The molecule has 0 aliphatic rings. The molecule has 1 heterocycles. The van der Waals surface area contributed by atoms with E-state index < -0.39 is 0 Å². The van der Waals surface area contributed by atoms with Crippen LogP contribution in [-0.4, -0.2) is 23.6 Å². The van der Waals surface area contributed by atoms with Crippen molar-refractivity contribution in [1.29, 1.82) is 0 Å². The highest BCUT2D eigenvalue weighted by Gasteiger charge is 2.07. The average molecular weight is 271 g/mol. The van der Waals surface area contributed by atoms with Crippen LogP contribution in [0.5, 0.6) is 0 Å². The van der Waals surface area contributed by atoms with Crippen LogP contribution in [0.4, 0.5) is 17.3 Å². The van der Waals surface area contributed by atoms with Crippen LogP contribution in [0.2, 0.25) is 0 Å². The number of benzene rings is 1. The van der Waals surface area contributed by atoms with Gasteiger partial charge in [0.2, 0.25) is 5.95 Å². The molecule has 106 valence electrons. The first kappa shape index (κ1) is 14.2. The Bertz CT molecular complexity index is 653. The fourth-order valence-corrected chi connectivity index (χ4v) is 1.92. The first-order valence-corrected chi connectivity index (χ1v) is 6.59. The minimum atomic E-state index is 0.635. The third kappa shape index (κ3) is 2.71. The molecular formula is C15H21N5. The third-order valence-corrected chi connectivity index (χ3v) is 3.54. The van der Waals surface area contributed by atoms with E-state index in [2.05, 4.69) is 26.2 Å². The summed E-state index contributed by atoms with van der Waals surface area (Å²) in [6.07, 6.45) is 0. The SMILES string of the molecule is Cc1cc(N(C)C)ccc1N=Nc1nc(C)c(C)n1C. The van der Waals surface area contributed by atoms with E-state index in [9.17, 15) is 0 Å². The Balaban J connectivity index is 2.30. The molecule has 0 bridgehead atoms. The first-order chi connectivity index (χ1) is 9.40. The molecule has 0 aliphatic heterocycles. The third-order valence-electron chi connectivity index (χ3n) is 3.54. The number of aromatic nitrogens is 2. The molecular weight excluding hydrogens is 250 g/mol. The summed E-state index contributed by atoms with van der Waals surface area (Å²) < 4.78 is 1.95. The predicted molar refractivity (Wildman–Crippen MR) is 82.4 cm³/mol. The van der Waals surface area contributed by atoms with Crippen LogP contribution in [0.25, 0.3) is 0 Å². The summed E-state index contributed by atoms with van der Waals surface area (Å²) in [4.78, 5) is 6.46. The normalized spacial score (nSPS) is 11.3. The van der Waals surface area contributed by atoms with Crippen molar-refractivity contribution >= 4 is 17.3 Å². The van der Waals surface area contributed by atoms with Gasteiger partial charge in [-0.15, -0.1) is 10.2 Å². The van der Waals surface area contributed by atoms with Crippen molar-refractivity contribution in [3.05, 3.63) is 35.2 Å². The Hall–Kier alpha value is -2.17. The topological polar surface area (TPSA) is 45.8 Å². The van der Waals surface area contributed by atoms with E-state index in [1.165, 1.54) is 0 Å². The van der Waals surface area contributed by atoms with Crippen LogP contribution in [0.1, 0.15) is 17.0 Å². The fraction of sp³-hybridized carbons (Fsp3) is 0.400. The molecule has 1 aromatic heterocycles. The maximum Gasteiger partial charge on any atom is 0.249 e. The highest BCUT2D eigenvalue weighted by Crippen LogP contribution is 2.26. The van der Waals surface area contributed by atoms with Crippen molar-refractivity contribution in [2.24, 2.45) is 17.3 Å². The van der Waals surface area contributed by atoms with Crippen molar-refractivity contribution < 1.29 is 0 Å². The molecule has 20 heavy (non-hydrogen) atoms. The number of azo groups is 1. The molecule has 0 saturated heterocycles. The predicted octanol–water partition coefficient (Wildman–Crippen LogP) is 3.83. The molecule has 2 aromatic rings. The number of rotatable bonds is 3. The van der Waals surface area contributed by atoms with Crippen LogP contribution in [0.3, 0.4) is 0 Å². The van der Waals surface area contributed by atoms with Gasteiger partial charge in [-0.3, -0.25) is 0 Å². The van der Waals surface area contributed by atoms with Crippen molar-refractivity contribution in [3.63, 3.8) is 0 Å². The van der Waals surface area contributed by atoms with E-state index in [1.807, 2.05) is 58.6 Å². The lowest BCUT2D eigenvalue weighted by molar-refractivity contribution is 0.858. The van der Waals surface area contributed by atoms with E-state index in [0.29, 0.717) is 5.95 Å². The summed E-state index contributed by atoms with van der Waals surface area (Å²) in [6.45, 7) is 6.04. The van der Waals surface area contributed by atoms with Crippen LogP contribution in [0.15, 0.2) is 28.4 Å². The molecule has 5 heteroatoms. The minimum Gasteiger partial charge on any atom is -0.378 e. The monoisotopic (exact) mass is 271 g/mol. The number of imidazole rings is 1. The summed E-state index contributed by atoms with van der Waals surface area (Å²) in [7, 11) is 6.00. The number of anilines is 1. The highest BCUT2D eigenvalue weighted by atomic mass is 15.3. The van der Waals surface area contributed by atoms with Crippen molar-refractivity contribution in [3.8, 4) is 0 Å². The van der Waals surface area contributed by atoms with Crippen LogP contribution in [-0.2, 0) is 7.05 Å². The molecule has 0 fully saturated rings. The van der Waals surface area contributed by atoms with E-state index in [0.717, 1.165) is 28.3 Å². The van der Waals surface area contributed by atoms with Crippen molar-refractivity contribution in [2.45, 2.75) is 20.8 Å². The summed E-state index contributed by atoms with van der Waals surface area (Å²) >= 11 is 0. The minimum absolute atomic E-state index is 0.635. The van der Waals surface area contributed by atoms with Crippen LogP contribution >= 0.6 is 0 Å². The van der Waals surface area contributed by atoms with E-state index in [4.69, 9.17) is 0 Å². The molecule has 0 aliphatic carbocycles. The fourth-order valence-electron chi connectivity index (χ4n) is 1.92. The van der Waals surface area contributed by atoms with Gasteiger partial charge in [0.1, 0.15) is 0 Å². The molecule has 0 saturated carbocycles. The van der Waals surface area contributed by atoms with E-state index in [1.54, 1.807) is 0 Å². The van der Waals surface area contributed by atoms with Crippen LogP contribution in [0, 0.1) is 20.8 Å². The molecule has 0 amide bonds. The molecule has 0 spiro atoms. The molecule has 1 aromatic carbocycles. The Kier molecular flexibility index (Phi) is 3.88. The van der Waals surface area contributed by atoms with Gasteiger partial charge in [-0.05, 0) is 44.5 Å². The zero-order valence-electron chi connectivity index (χ0n) is 13.0. The molecule has 0 N–H and O–H groups in total. The Morgan fingerprint density at radius 1 is 1.10 bits per heavy atom. The smallest absolute Gasteiger partial charge is 0.249 e. The first-order valence-electron chi connectivity index (χ1n) is 6.59. The number of aryl methyl sites for hydroxylation is 2. The second kappa shape index (κ2) is 5.45. The van der Waals surface area contributed by atoms with Gasteiger partial charge < -0.3 is 9.47 Å². The maximum absolute atomic E-state index is 4.39. The molecule has 0 unspecified atom stereocenters. The summed E-state index contributed by atoms with van der Waals surface area (Å²) in [5, 5.41) is 8.57. The quantitative estimate of drug-likeness (QED) is 0.796. The zero-order chi connectivity index (χ0) is 14.9. The summed E-state index contributed by atoms with van der Waals surface area (Å²) in [5.41, 5.74) is 5.22. The molecule has 0 atom stereocenters. The van der Waals surface area contributed by atoms with Crippen molar-refractivity contribution in [2.75, 3.05) is 19.0 Å². The molecule has 5 nitrogen and oxygen atoms in total. The van der Waals surface area contributed by atoms with Gasteiger partial charge in [0.05, 0.1) is 11.4 Å². The lowest BCUT2D eigenvalue weighted by Crippen LogP contribution is -2.08. The lowest BCUT2D eigenvalue weighted by atomic mass is 10.2. The van der Waals surface area contributed by atoms with Gasteiger partial charge in [-0.25, -0.2) is 4.98 Å². The van der Waals surface area contributed by atoms with Gasteiger partial charge in [-0.1, -0.05) is 0 Å². The Morgan fingerprint density at radius 2 is 1.80 bits per heavy atom. The Labute approximate surface area is 120 Å².